The van der Waals surface area contributed by atoms with Gasteiger partial charge in [-0.1, -0.05) is 212 Å². The largest absolute Gasteiger partial charge is 4.00 e. The molecule has 1 N–H and O–H groups in total. The number of aromatic nitrogens is 4. The van der Waals surface area contributed by atoms with Crippen LogP contribution < -0.4 is 5.32 Å². The number of anilines is 1. The normalized spacial score (nSPS) is 10.4. The van der Waals surface area contributed by atoms with Gasteiger partial charge in [-0.2, -0.15) is 183 Å². The Bertz CT molecular complexity index is 3640. The SMILES string of the molecule is CC(C)c1cccc(C(C)C)c1NC(c1ccccc1)c1ccn(C)n1.CC(C)c1cccc(C(C)C)c1[N-]C(c1ccccc1)c1ccn(C)n1.[CH2-]c1ccccc1.[CH2-]c1ccccc1.[CH2-]c1ccccc1.[CH2-]c1ccccc1.[CH2-]c1ccccc1.[CH2-]c1ccccc1.[CH2-]c1ccccc1.[Hf+4].[Hf+4]. The molecule has 0 saturated heterocycles. The first-order valence-electron chi connectivity index (χ1n) is 34.6. The van der Waals surface area contributed by atoms with Crippen LogP contribution in [0.25, 0.3) is 5.32 Å². The average Bonchev–Trinajstić information content (AvgIpc) is 1.71. The summed E-state index contributed by atoms with van der Waals surface area (Å²) in [7, 11) is 3.92. The molecule has 0 spiro atoms. The molecule has 2 aromatic heterocycles. The molecule has 13 aromatic rings. The molecule has 8 heteroatoms. The number of hydrogen-bond donors (Lipinski definition) is 1. The molecule has 0 saturated carbocycles. The maximum atomic E-state index is 5.28. The van der Waals surface area contributed by atoms with Gasteiger partial charge >= 0.3 is 51.7 Å². The third-order valence-corrected chi connectivity index (χ3v) is 15.5. The number of aryl methyl sites for hydroxylation is 2. The predicted octanol–water partition coefficient (Wildman–Crippen LogP) is 25.4. The van der Waals surface area contributed by atoms with Crippen molar-refractivity contribution >= 4 is 11.4 Å². The Labute approximate surface area is 659 Å². The number of nitrogens with one attached hydrogen (secondary N) is 1. The molecule has 2 unspecified atom stereocenters. The molecule has 103 heavy (non-hydrogen) atoms. The molecule has 0 aliphatic carbocycles. The molecule has 13 rings (SSSR count). The molecule has 6 nitrogen and oxygen atoms in total. The Morgan fingerprint density at radius 1 is 0.282 bits per heavy atom. The fourth-order valence-electron chi connectivity index (χ4n) is 10.1. The second-order valence-electron chi connectivity index (χ2n) is 25.4. The summed E-state index contributed by atoms with van der Waals surface area (Å²) in [5, 5.41) is 18.5. The minimum Gasteiger partial charge on any atom is -0.673 e. The maximum Gasteiger partial charge on any atom is 4.00 e. The van der Waals surface area contributed by atoms with Crippen LogP contribution in [-0.4, -0.2) is 19.6 Å². The van der Waals surface area contributed by atoms with Crippen molar-refractivity contribution in [2.75, 3.05) is 5.32 Å². The zero-order chi connectivity index (χ0) is 73.2. The molecular weight excluding hydrogens is 1580 g/mol. The van der Waals surface area contributed by atoms with E-state index in [1.54, 1.807) is 0 Å². The molecule has 0 radical (unpaired) electrons. The molecular formula is C95H106Hf2N6. The van der Waals surface area contributed by atoms with E-state index in [9.17, 15) is 0 Å². The molecule has 11 aromatic carbocycles. The van der Waals surface area contributed by atoms with Crippen molar-refractivity contribution < 1.29 is 51.7 Å². The summed E-state index contributed by atoms with van der Waals surface area (Å²) >= 11 is 0. The smallest absolute Gasteiger partial charge is 0.673 e. The van der Waals surface area contributed by atoms with Gasteiger partial charge in [0.15, 0.2) is 0 Å². The van der Waals surface area contributed by atoms with E-state index in [4.69, 9.17) is 5.32 Å². The van der Waals surface area contributed by atoms with Crippen LogP contribution >= 0.6 is 0 Å². The second-order valence-corrected chi connectivity index (χ2v) is 25.4. The minimum atomic E-state index is -0.102. The standard InChI is InChI=1S/C23H29N3.C23H28N3.7C7H7.2Hf/c2*1-16(2)19-12-9-13-20(17(3)4)23(19)24-22(18-10-7-6-8-11-18)21-14-15-26(5)25-21;7*1-7-5-3-2-4-6-7;;/h6-17,22,24H,1-5H3;6-17,22H,1-5H3;7*2-6H,1H2;;/q;8*-1;2*+4. The summed E-state index contributed by atoms with van der Waals surface area (Å²) in [6, 6.07) is 107. The Morgan fingerprint density at radius 2 is 0.515 bits per heavy atom. The average molecular weight is 1690 g/mol. The van der Waals surface area contributed by atoms with E-state index >= 15 is 0 Å². The Morgan fingerprint density at radius 3 is 0.738 bits per heavy atom. The van der Waals surface area contributed by atoms with Crippen LogP contribution in [0.3, 0.4) is 0 Å². The third-order valence-electron chi connectivity index (χ3n) is 15.5. The first kappa shape index (κ1) is 87.5. The van der Waals surface area contributed by atoms with Gasteiger partial charge in [-0.15, -0.1) is 90.6 Å². The second kappa shape index (κ2) is 49.8. The van der Waals surface area contributed by atoms with Gasteiger partial charge in [-0.05, 0) is 58.5 Å². The molecule has 2 atom stereocenters. The van der Waals surface area contributed by atoms with Crippen molar-refractivity contribution in [2.24, 2.45) is 14.1 Å². The fourth-order valence-corrected chi connectivity index (χ4v) is 10.1. The molecule has 0 bridgehead atoms. The third kappa shape index (κ3) is 34.2. The number of benzene rings is 11. The van der Waals surface area contributed by atoms with Gasteiger partial charge in [0.1, 0.15) is 0 Å². The maximum absolute atomic E-state index is 5.28. The van der Waals surface area contributed by atoms with Crippen LogP contribution in [0.15, 0.2) is 334 Å². The van der Waals surface area contributed by atoms with E-state index in [1.165, 1.54) is 39.1 Å². The summed E-state index contributed by atoms with van der Waals surface area (Å²) < 4.78 is 3.71. The van der Waals surface area contributed by atoms with Gasteiger partial charge in [0, 0.05) is 32.2 Å². The van der Waals surface area contributed by atoms with Gasteiger partial charge in [0.25, 0.3) is 0 Å². The zero-order valence-corrected chi connectivity index (χ0v) is 69.6. The molecule has 0 aliphatic heterocycles. The van der Waals surface area contributed by atoms with Gasteiger partial charge in [0.05, 0.1) is 17.4 Å². The number of rotatable bonds is 12. The van der Waals surface area contributed by atoms with Gasteiger partial charge < -0.3 is 10.6 Å². The van der Waals surface area contributed by atoms with Crippen LogP contribution in [0.4, 0.5) is 11.4 Å². The molecule has 524 valence electrons. The van der Waals surface area contributed by atoms with E-state index in [0.717, 1.165) is 56.0 Å². The van der Waals surface area contributed by atoms with Crippen LogP contribution in [-0.2, 0) is 65.8 Å². The first-order valence-corrected chi connectivity index (χ1v) is 34.6. The molecule has 2 heterocycles. The van der Waals surface area contributed by atoms with E-state index in [2.05, 4.69) is 222 Å². The number of nitrogens with zero attached hydrogens (tertiary/aromatic N) is 5. The summed E-state index contributed by atoms with van der Waals surface area (Å²) in [5.74, 6) is 1.76. The van der Waals surface area contributed by atoms with Crippen LogP contribution in [0.1, 0.15) is 175 Å². The van der Waals surface area contributed by atoms with E-state index in [1.807, 2.05) is 254 Å². The van der Waals surface area contributed by atoms with Crippen molar-refractivity contribution in [1.29, 1.82) is 0 Å². The van der Waals surface area contributed by atoms with E-state index < -0.39 is 0 Å². The fraction of sp³-hybridized carbons (Fsp3) is 0.168. The summed E-state index contributed by atoms with van der Waals surface area (Å²) in [5.41, 5.74) is 19.6. The van der Waals surface area contributed by atoms with Crippen molar-refractivity contribution in [1.82, 2.24) is 19.6 Å². The van der Waals surface area contributed by atoms with Crippen LogP contribution in [0.2, 0.25) is 0 Å². The molecule has 0 fully saturated rings. The summed E-state index contributed by atoms with van der Waals surface area (Å²) in [6.07, 6.45) is 3.99. The van der Waals surface area contributed by atoms with Crippen molar-refractivity contribution in [3.63, 3.8) is 0 Å². The first-order chi connectivity index (χ1) is 48.7. The van der Waals surface area contributed by atoms with Crippen LogP contribution in [0, 0.1) is 48.5 Å². The van der Waals surface area contributed by atoms with Crippen molar-refractivity contribution in [3.05, 3.63) is 471 Å². The Balaban J connectivity index is 0.000000325. The molecule has 0 aliphatic rings. The molecule has 0 amide bonds. The number of hydrogen-bond acceptors (Lipinski definition) is 3. The monoisotopic (exact) mass is 1690 g/mol. The predicted molar refractivity (Wildman–Crippen MR) is 435 cm³/mol. The topological polar surface area (TPSA) is 61.8 Å². The van der Waals surface area contributed by atoms with Gasteiger partial charge in [-0.25, -0.2) is 0 Å². The van der Waals surface area contributed by atoms with Gasteiger partial charge in [-0.3, -0.25) is 9.36 Å². The van der Waals surface area contributed by atoms with Crippen LogP contribution in [0.5, 0.6) is 0 Å². The van der Waals surface area contributed by atoms with Crippen molar-refractivity contribution in [3.8, 4) is 0 Å². The Hall–Kier alpha value is -9.73. The van der Waals surface area contributed by atoms with E-state index in [0.29, 0.717) is 23.7 Å². The number of para-hydroxylation sites is 2. The summed E-state index contributed by atoms with van der Waals surface area (Å²) in [6.45, 7) is 44.0. The zero-order valence-electron chi connectivity index (χ0n) is 62.4. The minimum absolute atomic E-state index is 0. The Kier molecular flexibility index (Phi) is 42.3. The van der Waals surface area contributed by atoms with E-state index in [-0.39, 0.29) is 63.8 Å². The summed E-state index contributed by atoms with van der Waals surface area (Å²) in [4.78, 5) is 0. The van der Waals surface area contributed by atoms with Gasteiger partial charge in [0.2, 0.25) is 0 Å². The van der Waals surface area contributed by atoms with Crippen molar-refractivity contribution in [2.45, 2.75) is 91.1 Å². The quantitative estimate of drug-likeness (QED) is 0.0979.